The lowest BCUT2D eigenvalue weighted by molar-refractivity contribution is -0.138. The van der Waals surface area contributed by atoms with Crippen LogP contribution in [0, 0.1) is 5.82 Å². The maximum atomic E-state index is 14.0. The highest BCUT2D eigenvalue weighted by molar-refractivity contribution is 5.76. The molecule has 0 fully saturated rings. The molecule has 0 saturated heterocycles. The highest BCUT2D eigenvalue weighted by Gasteiger charge is 2.32. The lowest BCUT2D eigenvalue weighted by Gasteiger charge is -2.19. The number of hydrogen-bond acceptors (Lipinski definition) is 4. The van der Waals surface area contributed by atoms with Crippen LogP contribution in [0.4, 0.5) is 4.39 Å². The fourth-order valence-corrected chi connectivity index (χ4v) is 3.46. The van der Waals surface area contributed by atoms with Gasteiger partial charge in [0.25, 0.3) is 0 Å². The fraction of sp³-hybridized carbons (Fsp3) is 0.435. The summed E-state index contributed by atoms with van der Waals surface area (Å²) in [6.45, 7) is 9.42. The molecule has 0 bridgehead atoms. The van der Waals surface area contributed by atoms with E-state index >= 15 is 0 Å². The highest BCUT2D eigenvalue weighted by atomic mass is 19.1. The normalized spacial score (nSPS) is 15.6. The number of rotatable bonds is 7. The summed E-state index contributed by atoms with van der Waals surface area (Å²) in [6, 6.07) is 8.00. The molecule has 0 aromatic heterocycles. The monoisotopic (exact) mass is 402 g/mol. The number of aliphatic carboxylic acids is 1. The number of ether oxygens (including phenoxy) is 3. The fourth-order valence-electron chi connectivity index (χ4n) is 3.46. The molecule has 156 valence electrons. The lowest BCUT2D eigenvalue weighted by Crippen LogP contribution is -2.25. The van der Waals surface area contributed by atoms with E-state index in [1.807, 2.05) is 27.7 Å². The maximum Gasteiger partial charge on any atom is 0.310 e. The summed E-state index contributed by atoms with van der Waals surface area (Å²) in [7, 11) is 0. The van der Waals surface area contributed by atoms with Gasteiger partial charge in [0.15, 0.2) is 0 Å². The van der Waals surface area contributed by atoms with Gasteiger partial charge in [-0.2, -0.15) is 0 Å². The Morgan fingerprint density at radius 3 is 2.62 bits per heavy atom. The van der Waals surface area contributed by atoms with Crippen LogP contribution in [0.15, 0.2) is 30.3 Å². The van der Waals surface area contributed by atoms with Gasteiger partial charge >= 0.3 is 5.97 Å². The van der Waals surface area contributed by atoms with E-state index in [2.05, 4.69) is 0 Å². The van der Waals surface area contributed by atoms with Gasteiger partial charge in [-0.25, -0.2) is 4.39 Å². The topological polar surface area (TPSA) is 65.0 Å². The van der Waals surface area contributed by atoms with Crippen LogP contribution in [0.2, 0.25) is 0 Å². The van der Waals surface area contributed by atoms with Crippen molar-refractivity contribution in [3.8, 4) is 17.2 Å². The Kier molecular flexibility index (Phi) is 5.73. The summed E-state index contributed by atoms with van der Waals surface area (Å²) in [6.07, 6.45) is 0.522. The zero-order chi connectivity index (χ0) is 21.3. The summed E-state index contributed by atoms with van der Waals surface area (Å²) in [5, 5.41) is 9.34. The largest absolute Gasteiger partial charge is 0.491 e. The summed E-state index contributed by atoms with van der Waals surface area (Å²) in [5.74, 6) is -0.307. The third-order valence-electron chi connectivity index (χ3n) is 4.78. The average molecular weight is 402 g/mol. The first-order valence-electron chi connectivity index (χ1n) is 9.72. The molecule has 1 aliphatic heterocycles. The Bertz CT molecular complexity index is 920. The second-order valence-electron chi connectivity index (χ2n) is 8.31. The van der Waals surface area contributed by atoms with E-state index in [9.17, 15) is 14.3 Å². The summed E-state index contributed by atoms with van der Waals surface area (Å²) >= 11 is 0. The van der Waals surface area contributed by atoms with Crippen LogP contribution < -0.4 is 14.2 Å². The molecule has 1 heterocycles. The van der Waals surface area contributed by atoms with Crippen molar-refractivity contribution >= 4 is 5.97 Å². The lowest BCUT2D eigenvalue weighted by atomic mass is 10.00. The Morgan fingerprint density at radius 2 is 1.97 bits per heavy atom. The minimum absolute atomic E-state index is 0.118. The molecule has 1 N–H and O–H groups in total. The van der Waals surface area contributed by atoms with Crippen molar-refractivity contribution in [3.63, 3.8) is 0 Å². The molecular weight excluding hydrogens is 375 g/mol. The molecule has 2 aromatic carbocycles. The SMILES string of the molecule is CC(C)Oc1cc(OCc2cc(F)cc3c2OC(C)(C)C3)ccc1C(C)C(=O)O. The van der Waals surface area contributed by atoms with Crippen molar-refractivity contribution in [2.24, 2.45) is 0 Å². The summed E-state index contributed by atoms with van der Waals surface area (Å²) in [4.78, 5) is 11.4. The van der Waals surface area contributed by atoms with Gasteiger partial charge in [0.1, 0.15) is 35.3 Å². The predicted octanol–water partition coefficient (Wildman–Crippen LogP) is 5.09. The number of carbonyl (C=O) groups is 1. The van der Waals surface area contributed by atoms with Gasteiger partial charge < -0.3 is 19.3 Å². The number of carboxylic acids is 1. The predicted molar refractivity (Wildman–Crippen MR) is 107 cm³/mol. The minimum Gasteiger partial charge on any atom is -0.491 e. The zero-order valence-corrected chi connectivity index (χ0v) is 17.4. The van der Waals surface area contributed by atoms with E-state index < -0.39 is 11.9 Å². The van der Waals surface area contributed by atoms with Crippen molar-refractivity contribution in [2.75, 3.05) is 0 Å². The van der Waals surface area contributed by atoms with Gasteiger partial charge in [0.05, 0.1) is 12.0 Å². The first-order valence-corrected chi connectivity index (χ1v) is 9.72. The molecule has 0 aliphatic carbocycles. The van der Waals surface area contributed by atoms with E-state index in [1.54, 1.807) is 25.1 Å². The number of carboxylic acid groups (broad SMARTS) is 1. The van der Waals surface area contributed by atoms with Gasteiger partial charge in [0, 0.05) is 29.2 Å². The minimum atomic E-state index is -0.928. The first kappa shape index (κ1) is 21.0. The summed E-state index contributed by atoms with van der Waals surface area (Å²) in [5.41, 5.74) is 1.68. The van der Waals surface area contributed by atoms with E-state index in [-0.39, 0.29) is 24.1 Å². The molecular formula is C23H27FO5. The zero-order valence-electron chi connectivity index (χ0n) is 17.4. The maximum absolute atomic E-state index is 14.0. The van der Waals surface area contributed by atoms with E-state index in [4.69, 9.17) is 14.2 Å². The molecule has 2 aromatic rings. The van der Waals surface area contributed by atoms with Crippen molar-refractivity contribution in [2.45, 2.75) is 65.3 Å². The van der Waals surface area contributed by atoms with Crippen molar-refractivity contribution < 1.29 is 28.5 Å². The standard InChI is InChI=1S/C23H27FO5/c1-13(2)28-20-10-18(6-7-19(20)14(3)22(25)26)27-12-16-9-17(24)8-15-11-23(4,5)29-21(15)16/h6-10,13-14H,11-12H2,1-5H3,(H,25,26). The average Bonchev–Trinajstić information content (AvgIpc) is 2.92. The van der Waals surface area contributed by atoms with Crippen LogP contribution >= 0.6 is 0 Å². The molecule has 1 aliphatic rings. The van der Waals surface area contributed by atoms with Crippen molar-refractivity contribution in [1.82, 2.24) is 0 Å². The van der Waals surface area contributed by atoms with Crippen LogP contribution in [0.25, 0.3) is 0 Å². The van der Waals surface area contributed by atoms with Gasteiger partial charge in [-0.05, 0) is 52.8 Å². The molecule has 0 spiro atoms. The van der Waals surface area contributed by atoms with E-state index in [0.717, 1.165) is 5.56 Å². The van der Waals surface area contributed by atoms with Crippen molar-refractivity contribution in [1.29, 1.82) is 0 Å². The van der Waals surface area contributed by atoms with Crippen LogP contribution in [0.3, 0.4) is 0 Å². The van der Waals surface area contributed by atoms with Crippen molar-refractivity contribution in [3.05, 3.63) is 52.8 Å². The number of halogens is 1. The highest BCUT2D eigenvalue weighted by Crippen LogP contribution is 2.39. The van der Waals surface area contributed by atoms with Crippen LogP contribution in [-0.4, -0.2) is 22.8 Å². The van der Waals surface area contributed by atoms with Crippen LogP contribution in [-0.2, 0) is 17.8 Å². The molecule has 0 amide bonds. The second-order valence-corrected chi connectivity index (χ2v) is 8.31. The molecule has 3 rings (SSSR count). The number of fused-ring (bicyclic) bond motifs is 1. The van der Waals surface area contributed by atoms with Gasteiger partial charge in [0.2, 0.25) is 0 Å². The van der Waals surface area contributed by atoms with Crippen LogP contribution in [0.5, 0.6) is 17.2 Å². The van der Waals surface area contributed by atoms with Gasteiger partial charge in [-0.15, -0.1) is 0 Å². The quantitative estimate of drug-likeness (QED) is 0.699. The third kappa shape index (κ3) is 4.81. The second kappa shape index (κ2) is 7.93. The molecule has 1 atom stereocenters. The Labute approximate surface area is 170 Å². The molecule has 0 radical (unpaired) electrons. The molecule has 1 unspecified atom stereocenters. The molecule has 29 heavy (non-hydrogen) atoms. The Hall–Kier alpha value is -2.76. The first-order chi connectivity index (χ1) is 13.6. The Morgan fingerprint density at radius 1 is 1.24 bits per heavy atom. The molecule has 6 heteroatoms. The molecule has 5 nitrogen and oxygen atoms in total. The van der Waals surface area contributed by atoms with E-state index in [0.29, 0.717) is 34.8 Å². The molecule has 0 saturated carbocycles. The number of hydrogen-bond donors (Lipinski definition) is 1. The summed E-state index contributed by atoms with van der Waals surface area (Å²) < 4.78 is 31.7. The van der Waals surface area contributed by atoms with Crippen LogP contribution in [0.1, 0.15) is 57.2 Å². The Balaban J connectivity index is 1.84. The van der Waals surface area contributed by atoms with Gasteiger partial charge in [-0.1, -0.05) is 6.07 Å². The smallest absolute Gasteiger partial charge is 0.310 e. The van der Waals surface area contributed by atoms with E-state index in [1.165, 1.54) is 12.1 Å². The van der Waals surface area contributed by atoms with Gasteiger partial charge in [-0.3, -0.25) is 4.79 Å². The third-order valence-corrected chi connectivity index (χ3v) is 4.78. The number of benzene rings is 2.